The number of aromatic nitrogens is 1. The van der Waals surface area contributed by atoms with Crippen LogP contribution in [0.5, 0.6) is 5.75 Å². The zero-order chi connectivity index (χ0) is 25.6. The number of pyridine rings is 1. The first-order valence-electron chi connectivity index (χ1n) is 12.9. The van der Waals surface area contributed by atoms with Gasteiger partial charge in [0, 0.05) is 19.3 Å². The third kappa shape index (κ3) is 6.07. The summed E-state index contributed by atoms with van der Waals surface area (Å²) in [5.74, 6) is 0.543. The largest absolute Gasteiger partial charge is 0.481 e. The molecule has 1 aliphatic heterocycles. The molecule has 2 unspecified atom stereocenters. The summed E-state index contributed by atoms with van der Waals surface area (Å²) in [6.07, 6.45) is 2.08. The molecule has 0 radical (unpaired) electrons. The fraction of sp³-hybridized carbons (Fsp3) is 0.250. The smallest absolute Gasteiger partial charge is 0.261 e. The number of rotatable bonds is 8. The molecule has 0 spiro atoms. The highest BCUT2D eigenvalue weighted by Gasteiger charge is 2.29. The summed E-state index contributed by atoms with van der Waals surface area (Å²) >= 11 is 0. The zero-order valence-electron chi connectivity index (χ0n) is 21.4. The Morgan fingerprint density at radius 2 is 1.86 bits per heavy atom. The van der Waals surface area contributed by atoms with Crippen LogP contribution in [0, 0.1) is 6.92 Å². The molecule has 0 bridgehead atoms. The number of aryl methyl sites for hydroxylation is 1. The number of carbonyl (C=O) groups is 1. The molecule has 1 aromatic heterocycles. The van der Waals surface area contributed by atoms with E-state index in [1.54, 1.807) is 13.1 Å². The minimum atomic E-state index is -0.621. The molecule has 1 amide bonds. The van der Waals surface area contributed by atoms with Crippen LogP contribution in [0.15, 0.2) is 97.2 Å². The van der Waals surface area contributed by atoms with Gasteiger partial charge in [-0.3, -0.25) is 14.7 Å². The number of fused-ring (bicyclic) bond motifs is 1. The number of benzene rings is 3. The van der Waals surface area contributed by atoms with Crippen molar-refractivity contribution >= 4 is 5.91 Å². The molecular weight excluding hydrogens is 458 g/mol. The van der Waals surface area contributed by atoms with Crippen LogP contribution in [-0.2, 0) is 24.3 Å². The number of hydrogen-bond acceptors (Lipinski definition) is 4. The van der Waals surface area contributed by atoms with E-state index >= 15 is 0 Å². The average Bonchev–Trinajstić information content (AvgIpc) is 2.92. The molecule has 5 nitrogen and oxygen atoms in total. The molecule has 3 aromatic carbocycles. The highest BCUT2D eigenvalue weighted by molar-refractivity contribution is 5.80. The van der Waals surface area contributed by atoms with Crippen molar-refractivity contribution in [1.82, 2.24) is 15.2 Å². The number of hydrogen-bond donors (Lipinski definition) is 1. The summed E-state index contributed by atoms with van der Waals surface area (Å²) in [6.45, 7) is 6.15. The Balaban J connectivity index is 1.36. The number of ether oxygens (including phenoxy) is 1. The normalized spacial score (nSPS) is 16.0. The van der Waals surface area contributed by atoms with Crippen molar-refractivity contribution < 1.29 is 9.53 Å². The Labute approximate surface area is 219 Å². The van der Waals surface area contributed by atoms with Crippen molar-refractivity contribution in [3.05, 3.63) is 131 Å². The second kappa shape index (κ2) is 11.4. The summed E-state index contributed by atoms with van der Waals surface area (Å²) < 4.78 is 6.13. The Morgan fingerprint density at radius 1 is 1.03 bits per heavy atom. The van der Waals surface area contributed by atoms with Gasteiger partial charge in [0.25, 0.3) is 5.91 Å². The van der Waals surface area contributed by atoms with Gasteiger partial charge in [-0.05, 0) is 66.8 Å². The molecular formula is C32H33N3O2. The summed E-state index contributed by atoms with van der Waals surface area (Å²) in [4.78, 5) is 19.5. The molecule has 188 valence electrons. The highest BCUT2D eigenvalue weighted by Crippen LogP contribution is 2.38. The quantitative estimate of drug-likeness (QED) is 0.348. The lowest BCUT2D eigenvalue weighted by Crippen LogP contribution is -2.37. The van der Waals surface area contributed by atoms with Gasteiger partial charge < -0.3 is 10.1 Å². The van der Waals surface area contributed by atoms with Crippen molar-refractivity contribution in [2.45, 2.75) is 45.5 Å². The van der Waals surface area contributed by atoms with E-state index in [0.29, 0.717) is 12.3 Å². The van der Waals surface area contributed by atoms with Crippen molar-refractivity contribution in [2.75, 3.05) is 6.54 Å². The number of nitrogens with zero attached hydrogens (tertiary/aromatic N) is 2. The van der Waals surface area contributed by atoms with E-state index in [-0.39, 0.29) is 11.9 Å². The third-order valence-corrected chi connectivity index (χ3v) is 6.88. The molecule has 2 atom stereocenters. The van der Waals surface area contributed by atoms with Gasteiger partial charge in [-0.2, -0.15) is 0 Å². The fourth-order valence-electron chi connectivity index (χ4n) is 5.04. The topological polar surface area (TPSA) is 54.5 Å². The van der Waals surface area contributed by atoms with Gasteiger partial charge in [0.15, 0.2) is 6.10 Å². The Kier molecular flexibility index (Phi) is 7.62. The molecule has 2 heterocycles. The molecule has 37 heavy (non-hydrogen) atoms. The van der Waals surface area contributed by atoms with Crippen molar-refractivity contribution in [3.8, 4) is 5.75 Å². The van der Waals surface area contributed by atoms with E-state index in [1.165, 1.54) is 27.8 Å². The zero-order valence-corrected chi connectivity index (χ0v) is 21.4. The first-order chi connectivity index (χ1) is 18.1. The molecule has 1 N–H and O–H groups in total. The molecule has 4 aromatic rings. The summed E-state index contributed by atoms with van der Waals surface area (Å²) in [6, 6.07) is 31.4. The summed E-state index contributed by atoms with van der Waals surface area (Å²) in [5, 5.41) is 2.92. The molecule has 5 rings (SSSR count). The van der Waals surface area contributed by atoms with Gasteiger partial charge >= 0.3 is 0 Å². The molecule has 0 fully saturated rings. The van der Waals surface area contributed by atoms with Crippen LogP contribution in [0.2, 0.25) is 0 Å². The molecule has 0 saturated heterocycles. The second-order valence-electron chi connectivity index (χ2n) is 9.68. The van der Waals surface area contributed by atoms with E-state index in [9.17, 15) is 4.79 Å². The van der Waals surface area contributed by atoms with Gasteiger partial charge in [0.2, 0.25) is 0 Å². The van der Waals surface area contributed by atoms with Crippen LogP contribution in [-0.4, -0.2) is 28.4 Å². The van der Waals surface area contributed by atoms with Crippen molar-refractivity contribution in [2.24, 2.45) is 0 Å². The number of carbonyl (C=O) groups excluding carboxylic acids is 1. The van der Waals surface area contributed by atoms with Crippen LogP contribution in [0.1, 0.15) is 46.5 Å². The lowest BCUT2D eigenvalue weighted by Gasteiger charge is -2.38. The van der Waals surface area contributed by atoms with Crippen LogP contribution in [0.4, 0.5) is 0 Å². The lowest BCUT2D eigenvalue weighted by atomic mass is 9.87. The van der Waals surface area contributed by atoms with Gasteiger partial charge in [-0.15, -0.1) is 0 Å². The SMILES string of the molecule is Cc1cccc(CN2CCc3ccc(OC(C)C(=O)NCc4ccccn4)cc3C2c2ccccc2)c1. The van der Waals surface area contributed by atoms with Crippen molar-refractivity contribution in [1.29, 1.82) is 0 Å². The Hall–Kier alpha value is -3.96. The fourth-order valence-corrected chi connectivity index (χ4v) is 5.04. The number of amides is 1. The standard InChI is InChI=1S/C32H33N3O2/c1-23-9-8-10-25(19-23)22-35-18-16-26-14-15-29(20-30(26)31(35)27-11-4-3-5-12-27)37-24(2)32(36)34-21-28-13-6-7-17-33-28/h3-15,17,19-20,24,31H,16,18,21-22H2,1-2H3,(H,34,36). The number of nitrogens with one attached hydrogen (secondary N) is 1. The van der Waals surface area contributed by atoms with E-state index in [0.717, 1.165) is 25.2 Å². The van der Waals surface area contributed by atoms with Crippen LogP contribution >= 0.6 is 0 Å². The first kappa shape index (κ1) is 24.7. The van der Waals surface area contributed by atoms with E-state index in [4.69, 9.17) is 4.74 Å². The van der Waals surface area contributed by atoms with Crippen LogP contribution in [0.3, 0.4) is 0 Å². The van der Waals surface area contributed by atoms with E-state index < -0.39 is 6.10 Å². The van der Waals surface area contributed by atoms with Gasteiger partial charge in [-0.1, -0.05) is 72.3 Å². The summed E-state index contributed by atoms with van der Waals surface area (Å²) in [5.41, 5.74) is 7.23. The predicted octanol–water partition coefficient (Wildman–Crippen LogP) is 5.62. The molecule has 5 heteroatoms. The van der Waals surface area contributed by atoms with Gasteiger partial charge in [0.1, 0.15) is 5.75 Å². The lowest BCUT2D eigenvalue weighted by molar-refractivity contribution is -0.127. The third-order valence-electron chi connectivity index (χ3n) is 6.88. The maximum atomic E-state index is 12.7. The highest BCUT2D eigenvalue weighted by atomic mass is 16.5. The minimum absolute atomic E-state index is 0.113. The minimum Gasteiger partial charge on any atom is -0.481 e. The van der Waals surface area contributed by atoms with Crippen LogP contribution < -0.4 is 10.1 Å². The van der Waals surface area contributed by atoms with Gasteiger partial charge in [0.05, 0.1) is 18.3 Å². The maximum Gasteiger partial charge on any atom is 0.261 e. The summed E-state index contributed by atoms with van der Waals surface area (Å²) in [7, 11) is 0. The first-order valence-corrected chi connectivity index (χ1v) is 12.9. The van der Waals surface area contributed by atoms with Gasteiger partial charge in [-0.25, -0.2) is 0 Å². The maximum absolute atomic E-state index is 12.7. The Morgan fingerprint density at radius 3 is 2.65 bits per heavy atom. The molecule has 0 aliphatic carbocycles. The van der Waals surface area contributed by atoms with Crippen molar-refractivity contribution in [3.63, 3.8) is 0 Å². The monoisotopic (exact) mass is 491 g/mol. The van der Waals surface area contributed by atoms with Crippen LogP contribution in [0.25, 0.3) is 0 Å². The second-order valence-corrected chi connectivity index (χ2v) is 9.68. The van der Waals surface area contributed by atoms with E-state index in [2.05, 4.69) is 88.9 Å². The average molecular weight is 492 g/mol. The predicted molar refractivity (Wildman–Crippen MR) is 146 cm³/mol. The molecule has 1 aliphatic rings. The van der Waals surface area contributed by atoms with E-state index in [1.807, 2.05) is 24.3 Å². The molecule has 0 saturated carbocycles. The Bertz CT molecular complexity index is 1340.